The summed E-state index contributed by atoms with van der Waals surface area (Å²) in [5.74, 6) is 0.720. The molecule has 1 unspecified atom stereocenters. The average molecular weight is 257 g/mol. The molecule has 0 saturated carbocycles. The highest BCUT2D eigenvalue weighted by Crippen LogP contribution is 2.16. The van der Waals surface area contributed by atoms with E-state index in [1.807, 2.05) is 12.3 Å². The van der Waals surface area contributed by atoms with Crippen molar-refractivity contribution < 1.29 is 0 Å². The lowest BCUT2D eigenvalue weighted by atomic mass is 10.1. The van der Waals surface area contributed by atoms with Crippen LogP contribution in [0.25, 0.3) is 0 Å². The molecule has 3 heteroatoms. The summed E-state index contributed by atoms with van der Waals surface area (Å²) >= 11 is 3.40. The van der Waals surface area contributed by atoms with E-state index in [1.165, 1.54) is 6.42 Å². The molecule has 14 heavy (non-hydrogen) atoms. The Morgan fingerprint density at radius 3 is 2.64 bits per heavy atom. The van der Waals surface area contributed by atoms with Gasteiger partial charge in [0.2, 0.25) is 0 Å². The van der Waals surface area contributed by atoms with E-state index >= 15 is 0 Å². The summed E-state index contributed by atoms with van der Waals surface area (Å²) < 4.78 is 1.01. The molecule has 0 fully saturated rings. The number of hydrogen-bond acceptors (Lipinski definition) is 2. The Balaban J connectivity index is 2.51. The minimum Gasteiger partial charge on any atom is -0.381 e. The molecule has 0 aliphatic heterocycles. The van der Waals surface area contributed by atoms with Crippen LogP contribution in [0.3, 0.4) is 0 Å². The Morgan fingerprint density at radius 1 is 1.36 bits per heavy atom. The highest BCUT2D eigenvalue weighted by Gasteiger charge is 2.04. The second-order valence-corrected chi connectivity index (χ2v) is 4.98. The molecule has 2 nitrogen and oxygen atoms in total. The molecule has 0 aliphatic carbocycles. The van der Waals surface area contributed by atoms with Gasteiger partial charge in [0.05, 0.1) is 11.9 Å². The summed E-state index contributed by atoms with van der Waals surface area (Å²) in [7, 11) is 0. The quantitative estimate of drug-likeness (QED) is 0.889. The minimum atomic E-state index is 0.492. The monoisotopic (exact) mass is 256 g/mol. The van der Waals surface area contributed by atoms with E-state index in [0.717, 1.165) is 16.1 Å². The third-order valence-corrected chi connectivity index (χ3v) is 2.38. The molecule has 1 atom stereocenters. The first-order valence-corrected chi connectivity index (χ1v) is 5.74. The van der Waals surface area contributed by atoms with E-state index in [1.54, 1.807) is 6.20 Å². The van der Waals surface area contributed by atoms with Crippen LogP contribution in [0.5, 0.6) is 0 Å². The Hall–Kier alpha value is -0.570. The van der Waals surface area contributed by atoms with Crippen molar-refractivity contribution in [3.63, 3.8) is 0 Å². The molecule has 0 saturated heterocycles. The molecule has 0 aromatic carbocycles. The Labute approximate surface area is 94.3 Å². The summed E-state index contributed by atoms with van der Waals surface area (Å²) in [4.78, 5) is 4.11. The van der Waals surface area contributed by atoms with Crippen molar-refractivity contribution in [2.75, 3.05) is 5.32 Å². The zero-order valence-corrected chi connectivity index (χ0v) is 10.5. The summed E-state index contributed by atoms with van der Waals surface area (Å²) in [5, 5.41) is 3.42. The predicted molar refractivity (Wildman–Crippen MR) is 64.5 cm³/mol. The lowest BCUT2D eigenvalue weighted by Gasteiger charge is -2.16. The maximum Gasteiger partial charge on any atom is 0.0540 e. The second-order valence-electron chi connectivity index (χ2n) is 4.07. The Morgan fingerprint density at radius 2 is 2.07 bits per heavy atom. The number of pyridine rings is 1. The highest BCUT2D eigenvalue weighted by atomic mass is 79.9. The molecule has 78 valence electrons. The first kappa shape index (κ1) is 11.5. The van der Waals surface area contributed by atoms with Crippen molar-refractivity contribution >= 4 is 21.6 Å². The molecule has 1 N–H and O–H groups in total. The van der Waals surface area contributed by atoms with Gasteiger partial charge in [-0.25, -0.2) is 0 Å². The van der Waals surface area contributed by atoms with Gasteiger partial charge >= 0.3 is 0 Å². The van der Waals surface area contributed by atoms with E-state index in [-0.39, 0.29) is 0 Å². The molecule has 0 bridgehead atoms. The third-order valence-electron chi connectivity index (χ3n) is 1.94. The van der Waals surface area contributed by atoms with E-state index in [9.17, 15) is 0 Å². The van der Waals surface area contributed by atoms with Crippen molar-refractivity contribution in [2.45, 2.75) is 33.2 Å². The number of anilines is 1. The fourth-order valence-corrected chi connectivity index (χ4v) is 1.91. The molecule has 0 spiro atoms. The van der Waals surface area contributed by atoms with Crippen LogP contribution in [-0.4, -0.2) is 11.0 Å². The van der Waals surface area contributed by atoms with E-state index in [0.29, 0.717) is 6.04 Å². The van der Waals surface area contributed by atoms with Gasteiger partial charge in [-0.3, -0.25) is 4.98 Å². The number of hydrogen-bond donors (Lipinski definition) is 1. The number of aromatic nitrogens is 1. The molecule has 0 radical (unpaired) electrons. The minimum absolute atomic E-state index is 0.492. The van der Waals surface area contributed by atoms with Crippen molar-refractivity contribution in [3.8, 4) is 0 Å². The average Bonchev–Trinajstić information content (AvgIpc) is 2.01. The molecule has 1 rings (SSSR count). The molecular formula is C11H17BrN2. The standard InChI is InChI=1S/C11H17BrN2/c1-8(2)4-9(3)14-11-5-10(12)6-13-7-11/h5-9,14H,4H2,1-3H3. The zero-order valence-electron chi connectivity index (χ0n) is 8.92. The summed E-state index contributed by atoms with van der Waals surface area (Å²) in [5.41, 5.74) is 1.08. The van der Waals surface area contributed by atoms with Crippen molar-refractivity contribution in [3.05, 3.63) is 22.9 Å². The van der Waals surface area contributed by atoms with Crippen LogP contribution in [0, 0.1) is 5.92 Å². The van der Waals surface area contributed by atoms with Crippen LogP contribution in [0.2, 0.25) is 0 Å². The normalized spacial score (nSPS) is 12.9. The van der Waals surface area contributed by atoms with Gasteiger partial charge in [-0.2, -0.15) is 0 Å². The smallest absolute Gasteiger partial charge is 0.0540 e. The number of nitrogens with zero attached hydrogens (tertiary/aromatic N) is 1. The van der Waals surface area contributed by atoms with Crippen LogP contribution in [0.4, 0.5) is 5.69 Å². The fourth-order valence-electron chi connectivity index (χ4n) is 1.54. The number of nitrogens with one attached hydrogen (secondary N) is 1. The van der Waals surface area contributed by atoms with Crippen molar-refractivity contribution in [1.82, 2.24) is 4.98 Å². The van der Waals surface area contributed by atoms with Crippen LogP contribution in [-0.2, 0) is 0 Å². The van der Waals surface area contributed by atoms with Crippen molar-refractivity contribution in [1.29, 1.82) is 0 Å². The molecular weight excluding hydrogens is 240 g/mol. The van der Waals surface area contributed by atoms with Gasteiger partial charge in [0.1, 0.15) is 0 Å². The topological polar surface area (TPSA) is 24.9 Å². The fraction of sp³-hybridized carbons (Fsp3) is 0.545. The molecule has 0 amide bonds. The molecule has 1 aromatic rings. The van der Waals surface area contributed by atoms with Gasteiger partial charge < -0.3 is 5.32 Å². The number of halogens is 1. The first-order chi connectivity index (χ1) is 6.58. The number of rotatable bonds is 4. The molecule has 0 aliphatic rings. The highest BCUT2D eigenvalue weighted by molar-refractivity contribution is 9.10. The van der Waals surface area contributed by atoms with Crippen LogP contribution < -0.4 is 5.32 Å². The van der Waals surface area contributed by atoms with Gasteiger partial charge in [0, 0.05) is 16.7 Å². The van der Waals surface area contributed by atoms with Crippen LogP contribution in [0.15, 0.2) is 22.9 Å². The van der Waals surface area contributed by atoms with E-state index in [2.05, 4.69) is 47.0 Å². The molecule has 1 aromatic heterocycles. The zero-order chi connectivity index (χ0) is 10.6. The van der Waals surface area contributed by atoms with E-state index < -0.39 is 0 Å². The predicted octanol–water partition coefficient (Wildman–Crippen LogP) is 3.69. The second kappa shape index (κ2) is 5.35. The van der Waals surface area contributed by atoms with Gasteiger partial charge in [-0.05, 0) is 41.3 Å². The summed E-state index contributed by atoms with van der Waals surface area (Å²) in [6, 6.07) is 2.54. The lowest BCUT2D eigenvalue weighted by Crippen LogP contribution is -2.17. The van der Waals surface area contributed by atoms with E-state index in [4.69, 9.17) is 0 Å². The van der Waals surface area contributed by atoms with Gasteiger partial charge in [0.15, 0.2) is 0 Å². The first-order valence-electron chi connectivity index (χ1n) is 4.95. The SMILES string of the molecule is CC(C)CC(C)Nc1cncc(Br)c1. The Bertz CT molecular complexity index is 286. The summed E-state index contributed by atoms with van der Waals surface area (Å²) in [6.45, 7) is 6.66. The summed E-state index contributed by atoms with van der Waals surface area (Å²) in [6.07, 6.45) is 4.81. The van der Waals surface area contributed by atoms with Gasteiger partial charge in [0.25, 0.3) is 0 Å². The maximum absolute atomic E-state index is 4.11. The van der Waals surface area contributed by atoms with Gasteiger partial charge in [-0.15, -0.1) is 0 Å². The maximum atomic E-state index is 4.11. The largest absolute Gasteiger partial charge is 0.381 e. The van der Waals surface area contributed by atoms with Crippen LogP contribution >= 0.6 is 15.9 Å². The Kier molecular flexibility index (Phi) is 4.39. The lowest BCUT2D eigenvalue weighted by molar-refractivity contribution is 0.539. The van der Waals surface area contributed by atoms with Gasteiger partial charge in [-0.1, -0.05) is 13.8 Å². The van der Waals surface area contributed by atoms with Crippen molar-refractivity contribution in [2.24, 2.45) is 5.92 Å². The van der Waals surface area contributed by atoms with Crippen LogP contribution in [0.1, 0.15) is 27.2 Å². The molecule has 1 heterocycles. The third kappa shape index (κ3) is 4.09.